The number of nitrogens with one attached hydrogen (secondary N) is 1. The lowest BCUT2D eigenvalue weighted by Crippen LogP contribution is -2.12. The Hall–Kier alpha value is -2.07. The van der Waals surface area contributed by atoms with Crippen LogP contribution in [0.1, 0.15) is 17.0 Å². The normalized spacial score (nSPS) is 10.4. The second-order valence-corrected chi connectivity index (χ2v) is 4.28. The van der Waals surface area contributed by atoms with Gasteiger partial charge in [0, 0.05) is 19.2 Å². The SMILES string of the molecule is C=CCOc1ccc(CNCc2cc(C)on2)cc1. The predicted molar refractivity (Wildman–Crippen MR) is 73.9 cm³/mol. The Labute approximate surface area is 113 Å². The molecule has 2 rings (SSSR count). The van der Waals surface area contributed by atoms with Gasteiger partial charge in [-0.3, -0.25) is 0 Å². The molecule has 0 aliphatic carbocycles. The van der Waals surface area contributed by atoms with E-state index in [1.54, 1.807) is 6.08 Å². The Morgan fingerprint density at radius 3 is 2.74 bits per heavy atom. The van der Waals surface area contributed by atoms with E-state index in [-0.39, 0.29) is 0 Å². The van der Waals surface area contributed by atoms with E-state index in [0.29, 0.717) is 13.2 Å². The highest BCUT2D eigenvalue weighted by molar-refractivity contribution is 5.27. The molecule has 0 fully saturated rings. The zero-order valence-electron chi connectivity index (χ0n) is 11.1. The maximum absolute atomic E-state index is 5.43. The van der Waals surface area contributed by atoms with Crippen LogP contribution in [0.25, 0.3) is 0 Å². The number of hydrogen-bond acceptors (Lipinski definition) is 4. The van der Waals surface area contributed by atoms with Crippen molar-refractivity contribution in [3.8, 4) is 5.75 Å². The third kappa shape index (κ3) is 4.26. The molecule has 0 saturated carbocycles. The van der Waals surface area contributed by atoms with Crippen molar-refractivity contribution < 1.29 is 9.26 Å². The number of hydrogen-bond donors (Lipinski definition) is 1. The number of aryl methyl sites for hydroxylation is 1. The first-order valence-corrected chi connectivity index (χ1v) is 6.23. The van der Waals surface area contributed by atoms with Crippen LogP contribution in [0.2, 0.25) is 0 Å². The van der Waals surface area contributed by atoms with Crippen LogP contribution in [-0.2, 0) is 13.1 Å². The summed E-state index contributed by atoms with van der Waals surface area (Å²) in [5.41, 5.74) is 2.12. The smallest absolute Gasteiger partial charge is 0.133 e. The first-order chi connectivity index (χ1) is 9.28. The maximum atomic E-state index is 5.43. The fourth-order valence-electron chi connectivity index (χ4n) is 1.69. The van der Waals surface area contributed by atoms with Crippen LogP contribution in [0.15, 0.2) is 47.5 Å². The van der Waals surface area contributed by atoms with Gasteiger partial charge in [-0.15, -0.1) is 0 Å². The van der Waals surface area contributed by atoms with Gasteiger partial charge in [-0.2, -0.15) is 0 Å². The van der Waals surface area contributed by atoms with Crippen LogP contribution in [0.5, 0.6) is 5.75 Å². The number of rotatable bonds is 7. The van der Waals surface area contributed by atoms with Gasteiger partial charge in [-0.25, -0.2) is 0 Å². The molecule has 0 spiro atoms. The lowest BCUT2D eigenvalue weighted by molar-refractivity contribution is 0.363. The third-order valence-electron chi connectivity index (χ3n) is 2.60. The minimum absolute atomic E-state index is 0.531. The Balaban J connectivity index is 1.78. The molecule has 0 bridgehead atoms. The molecule has 1 aromatic carbocycles. The molecule has 0 aliphatic heterocycles. The average Bonchev–Trinajstić information content (AvgIpc) is 2.84. The van der Waals surface area contributed by atoms with Crippen LogP contribution in [-0.4, -0.2) is 11.8 Å². The summed E-state index contributed by atoms with van der Waals surface area (Å²) < 4.78 is 10.4. The highest BCUT2D eigenvalue weighted by Crippen LogP contribution is 2.12. The standard InChI is InChI=1S/C15H18N2O2/c1-3-8-18-15-6-4-13(5-7-15)10-16-11-14-9-12(2)19-17-14/h3-7,9,16H,1,8,10-11H2,2H3. The van der Waals surface area contributed by atoms with Crippen molar-refractivity contribution in [3.05, 3.63) is 60.0 Å². The number of aromatic nitrogens is 1. The minimum Gasteiger partial charge on any atom is -0.490 e. The number of benzene rings is 1. The van der Waals surface area contributed by atoms with Crippen LogP contribution in [0.4, 0.5) is 0 Å². The molecule has 4 heteroatoms. The summed E-state index contributed by atoms with van der Waals surface area (Å²) in [6.07, 6.45) is 1.73. The summed E-state index contributed by atoms with van der Waals surface area (Å²) in [5, 5.41) is 7.24. The van der Waals surface area contributed by atoms with E-state index >= 15 is 0 Å². The number of ether oxygens (including phenoxy) is 1. The quantitative estimate of drug-likeness (QED) is 0.776. The van der Waals surface area contributed by atoms with Crippen molar-refractivity contribution in [2.24, 2.45) is 0 Å². The van der Waals surface area contributed by atoms with E-state index < -0.39 is 0 Å². The molecule has 0 saturated heterocycles. The van der Waals surface area contributed by atoms with Gasteiger partial charge in [-0.1, -0.05) is 29.9 Å². The van der Waals surface area contributed by atoms with Gasteiger partial charge in [0.15, 0.2) is 0 Å². The van der Waals surface area contributed by atoms with E-state index in [1.165, 1.54) is 5.56 Å². The Morgan fingerprint density at radius 2 is 2.11 bits per heavy atom. The second kappa shape index (κ2) is 6.75. The average molecular weight is 258 g/mol. The van der Waals surface area contributed by atoms with Crippen molar-refractivity contribution in [2.45, 2.75) is 20.0 Å². The molecular formula is C15H18N2O2. The van der Waals surface area contributed by atoms with Crippen molar-refractivity contribution in [2.75, 3.05) is 6.61 Å². The molecule has 0 aliphatic rings. The molecule has 100 valence electrons. The highest BCUT2D eigenvalue weighted by atomic mass is 16.5. The van der Waals surface area contributed by atoms with Gasteiger partial charge in [-0.05, 0) is 24.6 Å². The largest absolute Gasteiger partial charge is 0.490 e. The fourth-order valence-corrected chi connectivity index (χ4v) is 1.69. The lowest BCUT2D eigenvalue weighted by atomic mass is 10.2. The Morgan fingerprint density at radius 1 is 1.32 bits per heavy atom. The van der Waals surface area contributed by atoms with Gasteiger partial charge < -0.3 is 14.6 Å². The van der Waals surface area contributed by atoms with Gasteiger partial charge >= 0.3 is 0 Å². The highest BCUT2D eigenvalue weighted by Gasteiger charge is 2.00. The molecule has 1 N–H and O–H groups in total. The summed E-state index contributed by atoms with van der Waals surface area (Å²) in [7, 11) is 0. The summed E-state index contributed by atoms with van der Waals surface area (Å²) >= 11 is 0. The van der Waals surface area contributed by atoms with Crippen LogP contribution in [0, 0.1) is 6.92 Å². The molecule has 19 heavy (non-hydrogen) atoms. The van der Waals surface area contributed by atoms with Crippen molar-refractivity contribution >= 4 is 0 Å². The summed E-state index contributed by atoms with van der Waals surface area (Å²) in [6, 6.07) is 9.93. The molecule has 1 aromatic heterocycles. The van der Waals surface area contributed by atoms with E-state index in [0.717, 1.165) is 23.7 Å². The predicted octanol–water partition coefficient (Wildman–Crippen LogP) is 2.84. The third-order valence-corrected chi connectivity index (χ3v) is 2.60. The summed E-state index contributed by atoms with van der Waals surface area (Å²) in [6.45, 7) is 7.52. The minimum atomic E-state index is 0.531. The zero-order valence-corrected chi connectivity index (χ0v) is 11.1. The van der Waals surface area contributed by atoms with E-state index in [9.17, 15) is 0 Å². The molecular weight excluding hydrogens is 240 g/mol. The van der Waals surface area contributed by atoms with Gasteiger partial charge in [0.05, 0.1) is 5.69 Å². The molecule has 2 aromatic rings. The Kier molecular flexibility index (Phi) is 4.75. The van der Waals surface area contributed by atoms with Gasteiger partial charge in [0.25, 0.3) is 0 Å². The van der Waals surface area contributed by atoms with Gasteiger partial charge in [0.2, 0.25) is 0 Å². The fraction of sp³-hybridized carbons (Fsp3) is 0.267. The number of nitrogens with zero attached hydrogens (tertiary/aromatic N) is 1. The second-order valence-electron chi connectivity index (χ2n) is 4.28. The monoisotopic (exact) mass is 258 g/mol. The first kappa shape index (κ1) is 13.4. The van der Waals surface area contributed by atoms with Crippen LogP contribution < -0.4 is 10.1 Å². The molecule has 0 unspecified atom stereocenters. The first-order valence-electron chi connectivity index (χ1n) is 6.23. The van der Waals surface area contributed by atoms with E-state index in [2.05, 4.69) is 17.1 Å². The zero-order chi connectivity index (χ0) is 13.5. The van der Waals surface area contributed by atoms with E-state index in [1.807, 2.05) is 37.3 Å². The van der Waals surface area contributed by atoms with Crippen LogP contribution in [0.3, 0.4) is 0 Å². The topological polar surface area (TPSA) is 47.3 Å². The summed E-state index contributed by atoms with van der Waals surface area (Å²) in [4.78, 5) is 0. The van der Waals surface area contributed by atoms with Crippen molar-refractivity contribution in [1.82, 2.24) is 10.5 Å². The maximum Gasteiger partial charge on any atom is 0.133 e. The lowest BCUT2D eigenvalue weighted by Gasteiger charge is -2.05. The van der Waals surface area contributed by atoms with Crippen LogP contribution >= 0.6 is 0 Å². The molecule has 0 atom stereocenters. The molecule has 1 heterocycles. The molecule has 0 radical (unpaired) electrons. The Bertz CT molecular complexity index is 517. The molecule has 0 amide bonds. The molecule has 4 nitrogen and oxygen atoms in total. The van der Waals surface area contributed by atoms with Crippen molar-refractivity contribution in [3.63, 3.8) is 0 Å². The van der Waals surface area contributed by atoms with Crippen molar-refractivity contribution in [1.29, 1.82) is 0 Å². The van der Waals surface area contributed by atoms with Gasteiger partial charge in [0.1, 0.15) is 18.1 Å². The summed E-state index contributed by atoms with van der Waals surface area (Å²) in [5.74, 6) is 1.69. The van der Waals surface area contributed by atoms with E-state index in [4.69, 9.17) is 9.26 Å².